The molecule has 1 N–H and O–H groups in total. The van der Waals surface area contributed by atoms with Crippen LogP contribution in [0.4, 0.5) is 4.39 Å². The minimum absolute atomic E-state index is 0.0160. The molecule has 0 aromatic heterocycles. The molecule has 1 rings (SSSR count). The fourth-order valence-electron chi connectivity index (χ4n) is 1.67. The summed E-state index contributed by atoms with van der Waals surface area (Å²) in [7, 11) is 1.83. The number of nitrogens with zero attached hydrogens (tertiary/aromatic N) is 2. The molecule has 0 aliphatic carbocycles. The van der Waals surface area contributed by atoms with Crippen LogP contribution in [-0.4, -0.2) is 30.9 Å². The fraction of sp³-hybridized carbons (Fsp3) is 0.429. The van der Waals surface area contributed by atoms with Crippen LogP contribution in [0.1, 0.15) is 24.9 Å². The topological polar surface area (TPSA) is 56.1 Å². The van der Waals surface area contributed by atoms with Gasteiger partial charge in [-0.25, -0.2) is 4.39 Å². The summed E-state index contributed by atoms with van der Waals surface area (Å²) in [5.41, 5.74) is 0.953. The predicted molar refractivity (Wildman–Crippen MR) is 70.7 cm³/mol. The zero-order chi connectivity index (χ0) is 14.3. The van der Waals surface area contributed by atoms with Crippen LogP contribution in [0.2, 0.25) is 0 Å². The van der Waals surface area contributed by atoms with Crippen LogP contribution < -0.4 is 5.32 Å². The van der Waals surface area contributed by atoms with E-state index in [4.69, 9.17) is 5.26 Å². The molecule has 0 radical (unpaired) electrons. The SMILES string of the molecule is C[C@@H](c1ccc(F)cc1)N(C)CC(=O)NCCC#N. The largest absolute Gasteiger partial charge is 0.354 e. The average Bonchev–Trinajstić information content (AvgIpc) is 2.39. The number of hydrogen-bond acceptors (Lipinski definition) is 3. The summed E-state index contributed by atoms with van der Waals surface area (Å²) in [6, 6.07) is 8.23. The van der Waals surface area contributed by atoms with Crippen molar-refractivity contribution < 1.29 is 9.18 Å². The van der Waals surface area contributed by atoms with Crippen molar-refractivity contribution in [3.63, 3.8) is 0 Å². The maximum atomic E-state index is 12.8. The second-order valence-corrected chi connectivity index (χ2v) is 4.40. The standard InChI is InChI=1S/C14H18FN3O/c1-11(12-4-6-13(15)7-5-12)18(2)10-14(19)17-9-3-8-16/h4-7,11H,3,9-10H2,1-2H3,(H,17,19)/t11-/m0/s1. The maximum Gasteiger partial charge on any atom is 0.234 e. The van der Waals surface area contributed by atoms with Crippen molar-refractivity contribution in [2.24, 2.45) is 0 Å². The fourth-order valence-corrected chi connectivity index (χ4v) is 1.67. The molecule has 0 bridgehead atoms. The molecule has 102 valence electrons. The van der Waals surface area contributed by atoms with Gasteiger partial charge < -0.3 is 5.32 Å². The number of benzene rings is 1. The van der Waals surface area contributed by atoms with Gasteiger partial charge in [-0.1, -0.05) is 12.1 Å². The first-order chi connectivity index (χ1) is 9.04. The molecule has 0 aliphatic heterocycles. The van der Waals surface area contributed by atoms with Gasteiger partial charge in [0, 0.05) is 12.6 Å². The van der Waals surface area contributed by atoms with Gasteiger partial charge in [-0.15, -0.1) is 0 Å². The highest BCUT2D eigenvalue weighted by Gasteiger charge is 2.14. The van der Waals surface area contributed by atoms with E-state index in [2.05, 4.69) is 5.32 Å². The number of rotatable bonds is 6. The van der Waals surface area contributed by atoms with Gasteiger partial charge in [0.1, 0.15) is 5.82 Å². The third kappa shape index (κ3) is 5.06. The second-order valence-electron chi connectivity index (χ2n) is 4.40. The summed E-state index contributed by atoms with van der Waals surface area (Å²) in [6.07, 6.45) is 0.309. The highest BCUT2D eigenvalue weighted by Crippen LogP contribution is 2.18. The number of carbonyl (C=O) groups excluding carboxylic acids is 1. The minimum Gasteiger partial charge on any atom is -0.354 e. The first kappa shape index (κ1) is 15.1. The monoisotopic (exact) mass is 263 g/mol. The Morgan fingerprint density at radius 3 is 2.68 bits per heavy atom. The summed E-state index contributed by atoms with van der Waals surface area (Å²) in [5, 5.41) is 11.0. The van der Waals surface area contributed by atoms with Crippen LogP contribution in [-0.2, 0) is 4.79 Å². The normalized spacial score (nSPS) is 11.9. The Morgan fingerprint density at radius 1 is 1.47 bits per heavy atom. The zero-order valence-electron chi connectivity index (χ0n) is 11.2. The van der Waals surface area contributed by atoms with Crippen molar-refractivity contribution in [2.75, 3.05) is 20.1 Å². The van der Waals surface area contributed by atoms with Crippen molar-refractivity contribution in [3.8, 4) is 6.07 Å². The van der Waals surface area contributed by atoms with Gasteiger partial charge in [-0.3, -0.25) is 9.69 Å². The summed E-state index contributed by atoms with van der Waals surface area (Å²) >= 11 is 0. The lowest BCUT2D eigenvalue weighted by atomic mass is 10.1. The molecule has 1 aromatic rings. The number of nitrogens with one attached hydrogen (secondary N) is 1. The molecule has 0 aliphatic rings. The molecule has 4 nitrogen and oxygen atoms in total. The molecule has 0 saturated carbocycles. The lowest BCUT2D eigenvalue weighted by Crippen LogP contribution is -2.36. The lowest BCUT2D eigenvalue weighted by molar-refractivity contribution is -0.122. The molecule has 0 fully saturated rings. The van der Waals surface area contributed by atoms with E-state index >= 15 is 0 Å². The Balaban J connectivity index is 2.48. The maximum absolute atomic E-state index is 12.8. The van der Waals surface area contributed by atoms with Crippen LogP contribution in [0.3, 0.4) is 0 Å². The molecular formula is C14H18FN3O. The van der Waals surface area contributed by atoms with Crippen molar-refractivity contribution >= 4 is 5.91 Å². The van der Waals surface area contributed by atoms with Gasteiger partial charge >= 0.3 is 0 Å². The second kappa shape index (κ2) is 7.49. The molecule has 1 amide bonds. The van der Waals surface area contributed by atoms with Crippen LogP contribution in [0.15, 0.2) is 24.3 Å². The molecule has 5 heteroatoms. The van der Waals surface area contributed by atoms with Crippen molar-refractivity contribution in [1.82, 2.24) is 10.2 Å². The van der Waals surface area contributed by atoms with Crippen molar-refractivity contribution in [3.05, 3.63) is 35.6 Å². The van der Waals surface area contributed by atoms with Gasteiger partial charge in [0.25, 0.3) is 0 Å². The number of carbonyl (C=O) groups is 1. The molecule has 0 saturated heterocycles. The first-order valence-electron chi connectivity index (χ1n) is 6.14. The molecular weight excluding hydrogens is 245 g/mol. The molecule has 1 atom stereocenters. The molecule has 0 heterocycles. The Labute approximate surface area is 112 Å². The molecule has 0 unspecified atom stereocenters. The van der Waals surface area contributed by atoms with Crippen molar-refractivity contribution in [1.29, 1.82) is 5.26 Å². The van der Waals surface area contributed by atoms with E-state index in [1.165, 1.54) is 12.1 Å². The summed E-state index contributed by atoms with van der Waals surface area (Å²) in [6.45, 7) is 2.56. The summed E-state index contributed by atoms with van der Waals surface area (Å²) < 4.78 is 12.8. The van der Waals surface area contributed by atoms with E-state index in [0.29, 0.717) is 13.0 Å². The zero-order valence-corrected chi connectivity index (χ0v) is 11.2. The number of amides is 1. The number of likely N-dealkylation sites (N-methyl/N-ethyl adjacent to an activating group) is 1. The van der Waals surface area contributed by atoms with E-state index in [9.17, 15) is 9.18 Å². The molecule has 1 aromatic carbocycles. The van der Waals surface area contributed by atoms with Crippen LogP contribution in [0.5, 0.6) is 0 Å². The van der Waals surface area contributed by atoms with E-state index in [-0.39, 0.29) is 24.3 Å². The van der Waals surface area contributed by atoms with Gasteiger partial charge in [-0.2, -0.15) is 5.26 Å². The van der Waals surface area contributed by atoms with Crippen LogP contribution >= 0.6 is 0 Å². The Kier molecular flexibility index (Phi) is 5.97. The quantitative estimate of drug-likeness (QED) is 0.797. The van der Waals surface area contributed by atoms with Gasteiger partial charge in [-0.05, 0) is 31.7 Å². The smallest absolute Gasteiger partial charge is 0.234 e. The number of halogens is 1. The van der Waals surface area contributed by atoms with Gasteiger partial charge in [0.15, 0.2) is 0 Å². The highest BCUT2D eigenvalue weighted by molar-refractivity contribution is 5.78. The van der Waals surface area contributed by atoms with E-state index < -0.39 is 0 Å². The number of nitriles is 1. The molecule has 0 spiro atoms. The summed E-state index contributed by atoms with van der Waals surface area (Å²) in [5.74, 6) is -0.389. The third-order valence-corrected chi connectivity index (χ3v) is 2.97. The van der Waals surface area contributed by atoms with Crippen LogP contribution in [0.25, 0.3) is 0 Å². The van der Waals surface area contributed by atoms with E-state index in [1.807, 2.05) is 24.9 Å². The van der Waals surface area contributed by atoms with E-state index in [1.54, 1.807) is 12.1 Å². The Morgan fingerprint density at radius 2 is 2.11 bits per heavy atom. The minimum atomic E-state index is -0.271. The first-order valence-corrected chi connectivity index (χ1v) is 6.14. The van der Waals surface area contributed by atoms with Crippen LogP contribution in [0, 0.1) is 17.1 Å². The van der Waals surface area contributed by atoms with Gasteiger partial charge in [0.2, 0.25) is 5.91 Å². The predicted octanol–water partition coefficient (Wildman–Crippen LogP) is 1.85. The number of hydrogen-bond donors (Lipinski definition) is 1. The highest BCUT2D eigenvalue weighted by atomic mass is 19.1. The van der Waals surface area contributed by atoms with Crippen molar-refractivity contribution in [2.45, 2.75) is 19.4 Å². The Hall–Kier alpha value is -1.93. The van der Waals surface area contributed by atoms with E-state index in [0.717, 1.165) is 5.56 Å². The lowest BCUT2D eigenvalue weighted by Gasteiger charge is -2.24. The summed E-state index contributed by atoms with van der Waals surface area (Å²) in [4.78, 5) is 13.5. The Bertz CT molecular complexity index is 453. The third-order valence-electron chi connectivity index (χ3n) is 2.97. The average molecular weight is 263 g/mol. The van der Waals surface area contributed by atoms with Gasteiger partial charge in [0.05, 0.1) is 19.0 Å². The molecule has 19 heavy (non-hydrogen) atoms.